The summed E-state index contributed by atoms with van der Waals surface area (Å²) in [6.45, 7) is 4.20. The normalized spacial score (nSPS) is 22.4. The van der Waals surface area contributed by atoms with E-state index in [0.717, 1.165) is 31.9 Å². The third kappa shape index (κ3) is 5.31. The van der Waals surface area contributed by atoms with E-state index in [-0.39, 0.29) is 42.9 Å². The largest absolute Gasteiger partial charge is 0.489 e. The first-order valence-electron chi connectivity index (χ1n) is 12.8. The average molecular weight is 527 g/mol. The molecule has 11 nitrogen and oxygen atoms in total. The molecule has 3 aromatic heterocycles. The number of hydrogen-bond acceptors (Lipinski definition) is 9. The highest BCUT2D eigenvalue weighted by atomic mass is 19.1. The van der Waals surface area contributed by atoms with Gasteiger partial charge in [-0.1, -0.05) is 5.21 Å². The maximum absolute atomic E-state index is 13.9. The number of carboxylic acids is 1. The molecule has 0 bridgehead atoms. The summed E-state index contributed by atoms with van der Waals surface area (Å²) in [5, 5.41) is 17.9. The van der Waals surface area contributed by atoms with Gasteiger partial charge in [0.25, 0.3) is 0 Å². The number of aryl methyl sites for hydroxylation is 2. The number of carbonyl (C=O) groups is 1. The number of aliphatic carboxylic acids is 1. The number of carboxylic acid groups (broad SMARTS) is 1. The number of rotatable bonds is 10. The highest BCUT2D eigenvalue weighted by molar-refractivity contribution is 5.71. The van der Waals surface area contributed by atoms with Crippen LogP contribution in [0.4, 0.5) is 4.39 Å². The molecule has 1 N–H and O–H groups in total. The Labute approximate surface area is 219 Å². The van der Waals surface area contributed by atoms with Crippen LogP contribution in [0.1, 0.15) is 49.7 Å². The smallest absolute Gasteiger partial charge is 0.317 e. The molecule has 0 radical (unpaired) electrons. The van der Waals surface area contributed by atoms with Gasteiger partial charge in [0, 0.05) is 13.7 Å². The highest BCUT2D eigenvalue weighted by Crippen LogP contribution is 2.48. The van der Waals surface area contributed by atoms with Crippen LogP contribution in [0.5, 0.6) is 11.8 Å². The fraction of sp³-hybridized carbons (Fsp3) is 0.538. The molecule has 0 saturated heterocycles. The zero-order valence-electron chi connectivity index (χ0n) is 21.6. The molecular weight excluding hydrogens is 495 g/mol. The first-order valence-corrected chi connectivity index (χ1v) is 12.8. The maximum Gasteiger partial charge on any atom is 0.317 e. The summed E-state index contributed by atoms with van der Waals surface area (Å²) in [6, 6.07) is 3.70. The second kappa shape index (κ2) is 11.0. The van der Waals surface area contributed by atoms with Crippen molar-refractivity contribution >= 4 is 5.97 Å². The van der Waals surface area contributed by atoms with Crippen molar-refractivity contribution in [2.75, 3.05) is 6.61 Å². The van der Waals surface area contributed by atoms with Gasteiger partial charge >= 0.3 is 12.0 Å². The SMILES string of the molecule is CCOCc1nc(OCc2c(-c3ccc(O[C@H]4C[C@@H]5CC[C@H](C(=O)O)[C@@H]5C4)c(C)n3)nnn2C)ncc1F. The Kier molecular flexibility index (Phi) is 7.50. The van der Waals surface area contributed by atoms with E-state index in [4.69, 9.17) is 19.2 Å². The number of ether oxygens (including phenoxy) is 3. The zero-order chi connectivity index (χ0) is 26.8. The summed E-state index contributed by atoms with van der Waals surface area (Å²) in [7, 11) is 1.74. The molecule has 3 heterocycles. The van der Waals surface area contributed by atoms with Crippen LogP contribution >= 0.6 is 0 Å². The lowest BCUT2D eigenvalue weighted by Crippen LogP contribution is -2.21. The predicted octanol–water partition coefficient (Wildman–Crippen LogP) is 3.50. The number of nitrogens with zero attached hydrogens (tertiary/aromatic N) is 6. The minimum atomic E-state index is -0.693. The molecule has 5 rings (SSSR count). The molecule has 2 aliphatic carbocycles. The second-order valence-corrected chi connectivity index (χ2v) is 9.82. The molecule has 0 amide bonds. The van der Waals surface area contributed by atoms with Gasteiger partial charge in [-0.15, -0.1) is 5.10 Å². The lowest BCUT2D eigenvalue weighted by molar-refractivity contribution is -0.143. The molecule has 2 fully saturated rings. The van der Waals surface area contributed by atoms with Crippen molar-refractivity contribution in [2.24, 2.45) is 24.8 Å². The van der Waals surface area contributed by atoms with E-state index in [1.54, 1.807) is 11.7 Å². The maximum atomic E-state index is 13.9. The van der Waals surface area contributed by atoms with Gasteiger partial charge in [0.1, 0.15) is 29.4 Å². The van der Waals surface area contributed by atoms with Crippen molar-refractivity contribution in [3.8, 4) is 23.1 Å². The third-order valence-corrected chi connectivity index (χ3v) is 7.48. The van der Waals surface area contributed by atoms with Crippen molar-refractivity contribution in [1.82, 2.24) is 29.9 Å². The Hall–Kier alpha value is -3.67. The predicted molar refractivity (Wildman–Crippen MR) is 132 cm³/mol. The Morgan fingerprint density at radius 1 is 1.21 bits per heavy atom. The van der Waals surface area contributed by atoms with Crippen LogP contribution in [0.25, 0.3) is 11.4 Å². The van der Waals surface area contributed by atoms with Crippen LogP contribution in [0.3, 0.4) is 0 Å². The molecule has 2 saturated carbocycles. The lowest BCUT2D eigenvalue weighted by atomic mass is 9.92. The van der Waals surface area contributed by atoms with Crippen LogP contribution in [-0.4, -0.2) is 53.7 Å². The van der Waals surface area contributed by atoms with Gasteiger partial charge in [0.2, 0.25) is 0 Å². The minimum absolute atomic E-state index is 0.0118. The number of halogens is 1. The Bertz CT molecular complexity index is 1320. The molecule has 3 aromatic rings. The summed E-state index contributed by atoms with van der Waals surface area (Å²) in [5.74, 6) is -0.235. The molecule has 0 aliphatic heterocycles. The van der Waals surface area contributed by atoms with Crippen molar-refractivity contribution < 1.29 is 28.5 Å². The van der Waals surface area contributed by atoms with E-state index >= 15 is 0 Å². The van der Waals surface area contributed by atoms with E-state index in [0.29, 0.717) is 41.1 Å². The van der Waals surface area contributed by atoms with E-state index in [1.165, 1.54) is 0 Å². The number of fused-ring (bicyclic) bond motifs is 1. The summed E-state index contributed by atoms with van der Waals surface area (Å²) in [5.41, 5.74) is 2.62. The standard InChI is InChI=1S/C26H31FN6O5/c1-4-36-12-21-19(27)11-28-26(30-21)37-13-22-24(31-32-33(22)3)20-7-8-23(14(2)29-20)38-16-9-15-5-6-17(25(34)35)18(15)10-16/h7-8,11,15-18H,4-6,9-10,12-13H2,1-3H3,(H,34,35)/t15-,16-,17-,18+/m0/s1. The van der Waals surface area contributed by atoms with Crippen molar-refractivity contribution in [3.63, 3.8) is 0 Å². The van der Waals surface area contributed by atoms with Crippen LogP contribution in [0, 0.1) is 30.5 Å². The van der Waals surface area contributed by atoms with Crippen LogP contribution in [0.2, 0.25) is 0 Å². The zero-order valence-corrected chi connectivity index (χ0v) is 21.6. The van der Waals surface area contributed by atoms with Crippen molar-refractivity contribution in [2.45, 2.75) is 58.8 Å². The number of pyridine rings is 1. The Morgan fingerprint density at radius 3 is 2.82 bits per heavy atom. The first-order chi connectivity index (χ1) is 18.3. The van der Waals surface area contributed by atoms with Gasteiger partial charge in [0.05, 0.1) is 36.2 Å². The summed E-state index contributed by atoms with van der Waals surface area (Å²) in [4.78, 5) is 24.3. The third-order valence-electron chi connectivity index (χ3n) is 7.48. The molecule has 0 aromatic carbocycles. The van der Waals surface area contributed by atoms with E-state index in [2.05, 4.69) is 20.3 Å². The van der Waals surface area contributed by atoms with Gasteiger partial charge < -0.3 is 19.3 Å². The number of aromatic nitrogens is 6. The minimum Gasteiger partial charge on any atom is -0.489 e. The first kappa shape index (κ1) is 26.0. The van der Waals surface area contributed by atoms with Crippen molar-refractivity contribution in [1.29, 1.82) is 0 Å². The molecule has 38 heavy (non-hydrogen) atoms. The van der Waals surface area contributed by atoms with Gasteiger partial charge in [-0.3, -0.25) is 4.79 Å². The second-order valence-electron chi connectivity index (χ2n) is 9.82. The fourth-order valence-electron chi connectivity index (χ4n) is 5.55. The quantitative estimate of drug-likeness (QED) is 0.418. The number of hydrogen-bond donors (Lipinski definition) is 1. The highest BCUT2D eigenvalue weighted by Gasteiger charge is 2.47. The molecule has 2 aliphatic rings. The summed E-state index contributed by atoms with van der Waals surface area (Å²) in [6.07, 6.45) is 4.39. The molecule has 4 atom stereocenters. The van der Waals surface area contributed by atoms with E-state index < -0.39 is 11.8 Å². The van der Waals surface area contributed by atoms with Gasteiger partial charge in [-0.25, -0.2) is 19.0 Å². The van der Waals surface area contributed by atoms with E-state index in [9.17, 15) is 14.3 Å². The summed E-state index contributed by atoms with van der Waals surface area (Å²) < 4.78 is 32.8. The molecule has 0 unspecified atom stereocenters. The van der Waals surface area contributed by atoms with Gasteiger partial charge in [-0.05, 0) is 63.5 Å². The van der Waals surface area contributed by atoms with Crippen molar-refractivity contribution in [3.05, 3.63) is 41.2 Å². The Morgan fingerprint density at radius 2 is 2.05 bits per heavy atom. The molecular formula is C26H31FN6O5. The van der Waals surface area contributed by atoms with Crippen LogP contribution in [-0.2, 0) is 29.8 Å². The molecule has 0 spiro atoms. The average Bonchev–Trinajstić information content (AvgIpc) is 3.58. The van der Waals surface area contributed by atoms with E-state index in [1.807, 2.05) is 26.0 Å². The van der Waals surface area contributed by atoms with Gasteiger partial charge in [0.15, 0.2) is 5.82 Å². The topological polar surface area (TPSA) is 134 Å². The van der Waals surface area contributed by atoms with Crippen LogP contribution < -0.4 is 9.47 Å². The lowest BCUT2D eigenvalue weighted by Gasteiger charge is -2.18. The molecule has 202 valence electrons. The summed E-state index contributed by atoms with van der Waals surface area (Å²) >= 11 is 0. The van der Waals surface area contributed by atoms with Gasteiger partial charge in [-0.2, -0.15) is 4.98 Å². The molecule has 12 heteroatoms. The monoisotopic (exact) mass is 526 g/mol. The van der Waals surface area contributed by atoms with Crippen LogP contribution in [0.15, 0.2) is 18.3 Å². The Balaban J connectivity index is 1.27. The fourth-order valence-corrected chi connectivity index (χ4v) is 5.55.